The maximum Gasteiger partial charge on any atom is 0.264 e. The number of amides is 2. The van der Waals surface area contributed by atoms with Crippen LogP contribution in [0, 0.1) is 0 Å². The summed E-state index contributed by atoms with van der Waals surface area (Å²) in [5, 5.41) is 3.32. The van der Waals surface area contributed by atoms with Gasteiger partial charge in [0.05, 0.1) is 20.6 Å². The van der Waals surface area contributed by atoms with Gasteiger partial charge in [-0.1, -0.05) is 121 Å². The number of hydrogen-bond acceptors (Lipinski definition) is 4. The van der Waals surface area contributed by atoms with Gasteiger partial charge < -0.3 is 10.2 Å². The van der Waals surface area contributed by atoms with Crippen LogP contribution in [0.25, 0.3) is 0 Å². The lowest BCUT2D eigenvalue weighted by Crippen LogP contribution is -2.54. The zero-order valence-electron chi connectivity index (χ0n) is 24.7. The van der Waals surface area contributed by atoms with Crippen molar-refractivity contribution in [2.75, 3.05) is 10.8 Å². The van der Waals surface area contributed by atoms with Crippen molar-refractivity contribution in [3.05, 3.63) is 130 Å². The number of carbonyl (C=O) groups is 2. The fraction of sp³-hybridized carbons (Fsp3) is 0.257. The van der Waals surface area contributed by atoms with Gasteiger partial charge in [-0.05, 0) is 48.2 Å². The highest BCUT2D eigenvalue weighted by Gasteiger charge is 2.36. The fourth-order valence-corrected chi connectivity index (χ4v) is 7.51. The molecule has 0 heterocycles. The summed E-state index contributed by atoms with van der Waals surface area (Å²) in [6, 6.07) is 30.5. The molecule has 1 saturated carbocycles. The molecule has 7 nitrogen and oxygen atoms in total. The molecule has 4 aromatic rings. The predicted octanol–water partition coefficient (Wildman–Crippen LogP) is 6.89. The summed E-state index contributed by atoms with van der Waals surface area (Å²) in [5.74, 6) is -0.829. The Morgan fingerprint density at radius 1 is 0.778 bits per heavy atom. The zero-order chi connectivity index (χ0) is 31.8. The van der Waals surface area contributed by atoms with E-state index in [1.807, 2.05) is 60.7 Å². The Bertz CT molecular complexity index is 1700. The second-order valence-corrected chi connectivity index (χ2v) is 13.7. The van der Waals surface area contributed by atoms with Gasteiger partial charge >= 0.3 is 0 Å². The van der Waals surface area contributed by atoms with E-state index in [9.17, 15) is 18.0 Å². The van der Waals surface area contributed by atoms with Gasteiger partial charge in [0.15, 0.2) is 0 Å². The Morgan fingerprint density at radius 2 is 1.36 bits per heavy atom. The highest BCUT2D eigenvalue weighted by molar-refractivity contribution is 7.92. The number of sulfonamides is 1. The van der Waals surface area contributed by atoms with Crippen molar-refractivity contribution in [3.63, 3.8) is 0 Å². The summed E-state index contributed by atoms with van der Waals surface area (Å²) in [6.45, 7) is -0.510. The molecule has 45 heavy (non-hydrogen) atoms. The summed E-state index contributed by atoms with van der Waals surface area (Å²) in [5.41, 5.74) is 1.74. The molecular weight excluding hydrogens is 629 g/mol. The first-order chi connectivity index (χ1) is 21.7. The van der Waals surface area contributed by atoms with E-state index in [0.717, 1.165) is 41.1 Å². The van der Waals surface area contributed by atoms with Gasteiger partial charge in [0.25, 0.3) is 10.0 Å². The lowest BCUT2D eigenvalue weighted by atomic mass is 10.0. The van der Waals surface area contributed by atoms with Crippen molar-refractivity contribution in [2.24, 2.45) is 0 Å². The molecule has 2 amide bonds. The smallest absolute Gasteiger partial charge is 0.264 e. The van der Waals surface area contributed by atoms with Crippen molar-refractivity contribution >= 4 is 50.7 Å². The first kappa shape index (κ1) is 32.5. The van der Waals surface area contributed by atoms with Gasteiger partial charge in [-0.25, -0.2) is 8.42 Å². The Morgan fingerprint density at radius 3 is 1.98 bits per heavy atom. The molecule has 1 aliphatic rings. The van der Waals surface area contributed by atoms with Crippen molar-refractivity contribution in [1.82, 2.24) is 10.2 Å². The van der Waals surface area contributed by atoms with Crippen LogP contribution in [-0.2, 0) is 32.6 Å². The van der Waals surface area contributed by atoms with Crippen LogP contribution in [0.1, 0.15) is 36.8 Å². The third kappa shape index (κ3) is 8.06. The number of nitrogens with zero attached hydrogens (tertiary/aromatic N) is 2. The van der Waals surface area contributed by atoms with Gasteiger partial charge in [-0.15, -0.1) is 0 Å². The van der Waals surface area contributed by atoms with Gasteiger partial charge in [0, 0.05) is 19.0 Å². The van der Waals surface area contributed by atoms with Crippen LogP contribution >= 0.6 is 23.2 Å². The van der Waals surface area contributed by atoms with Gasteiger partial charge in [-0.2, -0.15) is 0 Å². The van der Waals surface area contributed by atoms with Crippen LogP contribution in [0.4, 0.5) is 5.69 Å². The molecular formula is C35H35Cl2N3O4S. The first-order valence-corrected chi connectivity index (χ1v) is 17.1. The van der Waals surface area contributed by atoms with Crippen molar-refractivity contribution < 1.29 is 18.0 Å². The van der Waals surface area contributed by atoms with E-state index < -0.39 is 28.5 Å². The van der Waals surface area contributed by atoms with E-state index in [0.29, 0.717) is 0 Å². The molecule has 0 saturated heterocycles. The van der Waals surface area contributed by atoms with E-state index in [1.165, 1.54) is 23.1 Å². The number of rotatable bonds is 12. The highest BCUT2D eigenvalue weighted by Crippen LogP contribution is 2.35. The van der Waals surface area contributed by atoms with Crippen LogP contribution in [0.3, 0.4) is 0 Å². The third-order valence-corrected chi connectivity index (χ3v) is 10.6. The Hall–Kier alpha value is -3.85. The number of halogens is 2. The minimum atomic E-state index is -4.28. The van der Waals surface area contributed by atoms with Crippen LogP contribution in [-0.4, -0.2) is 43.8 Å². The summed E-state index contributed by atoms with van der Waals surface area (Å²) in [6.07, 6.45) is 4.09. The van der Waals surface area contributed by atoms with Crippen molar-refractivity contribution in [1.29, 1.82) is 0 Å². The number of anilines is 1. The topological polar surface area (TPSA) is 86.8 Å². The standard InChI is InChI=1S/C35H35Cl2N3O4S/c36-30-21-12-22-31(34(30)37)40(45(43,44)29-19-8-3-9-20-29)25-33(41)39(24-27-15-6-2-7-16-27)32(23-26-13-4-1-5-14-26)35(42)38-28-17-10-11-18-28/h1-9,12-16,19-22,28,32H,10-11,17-18,23-25H2,(H,38,42)/t32-/m0/s1. The number of benzene rings is 4. The van der Waals surface area contributed by atoms with E-state index in [2.05, 4.69) is 5.32 Å². The number of carbonyl (C=O) groups excluding carboxylic acids is 2. The summed E-state index contributed by atoms with van der Waals surface area (Å²) >= 11 is 12.9. The molecule has 0 spiro atoms. The second-order valence-electron chi connectivity index (χ2n) is 11.1. The Labute approximate surface area is 274 Å². The van der Waals surface area contributed by atoms with Crippen molar-refractivity contribution in [3.8, 4) is 0 Å². The van der Waals surface area contributed by atoms with Crippen LogP contribution in [0.2, 0.25) is 10.0 Å². The monoisotopic (exact) mass is 663 g/mol. The van der Waals surface area contributed by atoms with E-state index >= 15 is 0 Å². The lowest BCUT2D eigenvalue weighted by Gasteiger charge is -2.34. The fourth-order valence-electron chi connectivity index (χ4n) is 5.62. The predicted molar refractivity (Wildman–Crippen MR) is 179 cm³/mol. The first-order valence-electron chi connectivity index (χ1n) is 14.9. The molecule has 1 fully saturated rings. The minimum Gasteiger partial charge on any atom is -0.352 e. The molecule has 10 heteroatoms. The van der Waals surface area contributed by atoms with Gasteiger partial charge in [0.2, 0.25) is 11.8 Å². The molecule has 4 aromatic carbocycles. The molecule has 5 rings (SSSR count). The van der Waals surface area contributed by atoms with E-state index in [-0.39, 0.29) is 45.5 Å². The third-order valence-electron chi connectivity index (χ3n) is 7.98. The van der Waals surface area contributed by atoms with Crippen LogP contribution in [0.15, 0.2) is 114 Å². The second kappa shape index (κ2) is 15.0. The van der Waals surface area contributed by atoms with E-state index in [1.54, 1.807) is 30.3 Å². The van der Waals surface area contributed by atoms with Gasteiger partial charge in [0.1, 0.15) is 12.6 Å². The quantitative estimate of drug-likeness (QED) is 0.179. The Kier molecular flexibility index (Phi) is 10.8. The number of nitrogens with one attached hydrogen (secondary N) is 1. The molecule has 234 valence electrons. The SMILES string of the molecule is O=C(NC1CCCC1)[C@H](Cc1ccccc1)N(Cc1ccccc1)C(=O)CN(c1cccc(Cl)c1Cl)S(=O)(=O)c1ccccc1. The molecule has 0 aromatic heterocycles. The summed E-state index contributed by atoms with van der Waals surface area (Å²) < 4.78 is 29.2. The lowest BCUT2D eigenvalue weighted by molar-refractivity contribution is -0.140. The average molecular weight is 665 g/mol. The highest BCUT2D eigenvalue weighted by atomic mass is 35.5. The van der Waals surface area contributed by atoms with Gasteiger partial charge in [-0.3, -0.25) is 13.9 Å². The van der Waals surface area contributed by atoms with Crippen LogP contribution < -0.4 is 9.62 Å². The summed E-state index contributed by atoms with van der Waals surface area (Å²) in [7, 11) is -4.28. The molecule has 1 N–H and O–H groups in total. The molecule has 0 aliphatic heterocycles. The van der Waals surface area contributed by atoms with Crippen LogP contribution in [0.5, 0.6) is 0 Å². The maximum absolute atomic E-state index is 14.5. The van der Waals surface area contributed by atoms with E-state index in [4.69, 9.17) is 23.2 Å². The molecule has 0 bridgehead atoms. The minimum absolute atomic E-state index is 0.000828. The Balaban J connectivity index is 1.57. The average Bonchev–Trinajstić information content (AvgIpc) is 3.57. The largest absolute Gasteiger partial charge is 0.352 e. The number of hydrogen-bond donors (Lipinski definition) is 1. The molecule has 0 unspecified atom stereocenters. The maximum atomic E-state index is 14.5. The molecule has 1 atom stereocenters. The molecule has 1 aliphatic carbocycles. The zero-order valence-corrected chi connectivity index (χ0v) is 27.0. The molecule has 0 radical (unpaired) electrons. The normalized spacial score (nSPS) is 14.1. The summed E-state index contributed by atoms with van der Waals surface area (Å²) in [4.78, 5) is 30.1. The van der Waals surface area contributed by atoms with Crippen molar-refractivity contribution in [2.45, 2.75) is 55.6 Å².